The summed E-state index contributed by atoms with van der Waals surface area (Å²) >= 11 is 7.34. The lowest BCUT2D eigenvalue weighted by Crippen LogP contribution is -2.15. The van der Waals surface area contributed by atoms with E-state index >= 15 is 0 Å². The van der Waals surface area contributed by atoms with E-state index in [4.69, 9.17) is 11.6 Å². The van der Waals surface area contributed by atoms with Gasteiger partial charge in [0.1, 0.15) is 9.34 Å². The maximum absolute atomic E-state index is 5.81. The van der Waals surface area contributed by atoms with Crippen molar-refractivity contribution in [1.82, 2.24) is 10.3 Å². The van der Waals surface area contributed by atoms with Crippen LogP contribution in [0.25, 0.3) is 0 Å². The van der Waals surface area contributed by atoms with Crippen LogP contribution in [0.3, 0.4) is 0 Å². The predicted octanol–water partition coefficient (Wildman–Crippen LogP) is 3.52. The molecule has 0 aliphatic carbocycles. The summed E-state index contributed by atoms with van der Waals surface area (Å²) in [5.74, 6) is 0. The summed E-state index contributed by atoms with van der Waals surface area (Å²) < 4.78 is 0.756. The molecule has 0 atom stereocenters. The smallest absolute Gasteiger partial charge is 0.113 e. The number of rotatable bonds is 6. The van der Waals surface area contributed by atoms with E-state index in [2.05, 4.69) is 34.6 Å². The van der Waals surface area contributed by atoms with Gasteiger partial charge < -0.3 is 5.32 Å². The molecule has 0 radical (unpaired) electrons. The second-order valence-corrected chi connectivity index (χ2v) is 5.57. The zero-order chi connectivity index (χ0) is 11.9. The Morgan fingerprint density at radius 2 is 2.06 bits per heavy atom. The summed E-state index contributed by atoms with van der Waals surface area (Å²) in [7, 11) is 0. The number of nitrogens with one attached hydrogen (secondary N) is 1. The molecule has 0 fully saturated rings. The minimum Gasteiger partial charge on any atom is -0.310 e. The zero-order valence-electron chi connectivity index (χ0n) is 9.53. The first-order valence-electron chi connectivity index (χ1n) is 5.69. The Balaban J connectivity index is 1.61. The Morgan fingerprint density at radius 3 is 2.76 bits per heavy atom. The molecule has 0 aliphatic heterocycles. The van der Waals surface area contributed by atoms with E-state index in [1.54, 1.807) is 6.20 Å². The quantitative estimate of drug-likeness (QED) is 0.810. The van der Waals surface area contributed by atoms with Crippen LogP contribution in [-0.4, -0.2) is 11.5 Å². The Labute approximate surface area is 111 Å². The van der Waals surface area contributed by atoms with E-state index < -0.39 is 0 Å². The first kappa shape index (κ1) is 12.6. The number of aryl methyl sites for hydroxylation is 1. The van der Waals surface area contributed by atoms with Crippen LogP contribution in [0.5, 0.6) is 0 Å². The minimum atomic E-state index is 0.756. The lowest BCUT2D eigenvalue weighted by Gasteiger charge is -2.02. The van der Waals surface area contributed by atoms with E-state index in [9.17, 15) is 0 Å². The second-order valence-electron chi connectivity index (χ2n) is 3.82. The van der Waals surface area contributed by atoms with Gasteiger partial charge in [-0.1, -0.05) is 41.9 Å². The highest BCUT2D eigenvalue weighted by atomic mass is 35.5. The summed E-state index contributed by atoms with van der Waals surface area (Å²) in [6, 6.07) is 10.6. The summed E-state index contributed by atoms with van der Waals surface area (Å²) in [5.41, 5.74) is 1.39. The molecule has 0 amide bonds. The van der Waals surface area contributed by atoms with Crippen molar-refractivity contribution in [3.05, 3.63) is 51.4 Å². The number of halogens is 1. The van der Waals surface area contributed by atoms with Crippen molar-refractivity contribution in [3.63, 3.8) is 0 Å². The molecule has 2 nitrogen and oxygen atoms in total. The van der Waals surface area contributed by atoms with Gasteiger partial charge in [0, 0.05) is 6.54 Å². The van der Waals surface area contributed by atoms with Gasteiger partial charge in [-0.3, -0.25) is 0 Å². The monoisotopic (exact) mass is 266 g/mol. The van der Waals surface area contributed by atoms with Crippen molar-refractivity contribution in [2.45, 2.75) is 19.4 Å². The van der Waals surface area contributed by atoms with Gasteiger partial charge in [-0.2, -0.15) is 0 Å². The molecular formula is C13H15ClN2S. The first-order chi connectivity index (χ1) is 8.34. The third-order valence-electron chi connectivity index (χ3n) is 2.46. The summed E-state index contributed by atoms with van der Waals surface area (Å²) in [5, 5.41) is 4.43. The van der Waals surface area contributed by atoms with Crippen molar-refractivity contribution >= 4 is 22.9 Å². The molecule has 90 valence electrons. The predicted molar refractivity (Wildman–Crippen MR) is 73.6 cm³/mol. The minimum absolute atomic E-state index is 0.756. The van der Waals surface area contributed by atoms with Gasteiger partial charge in [0.2, 0.25) is 0 Å². The van der Waals surface area contributed by atoms with E-state index in [0.717, 1.165) is 35.3 Å². The highest BCUT2D eigenvalue weighted by Crippen LogP contribution is 2.17. The van der Waals surface area contributed by atoms with Gasteiger partial charge in [0.05, 0.1) is 6.20 Å². The molecule has 0 aliphatic rings. The fourth-order valence-corrected chi connectivity index (χ4v) is 2.55. The van der Waals surface area contributed by atoms with Crippen LogP contribution in [0.15, 0.2) is 36.5 Å². The van der Waals surface area contributed by atoms with Crippen LogP contribution in [0.2, 0.25) is 4.34 Å². The van der Waals surface area contributed by atoms with Crippen LogP contribution in [0.4, 0.5) is 0 Å². The number of hydrogen-bond acceptors (Lipinski definition) is 3. The number of thiazole rings is 1. The maximum Gasteiger partial charge on any atom is 0.113 e. The van der Waals surface area contributed by atoms with Crippen LogP contribution in [-0.2, 0) is 13.0 Å². The Bertz CT molecular complexity index is 442. The van der Waals surface area contributed by atoms with Crippen LogP contribution < -0.4 is 5.32 Å². The average Bonchev–Trinajstić information content (AvgIpc) is 2.76. The highest BCUT2D eigenvalue weighted by molar-refractivity contribution is 7.15. The van der Waals surface area contributed by atoms with Gasteiger partial charge in [-0.15, -0.1) is 11.3 Å². The van der Waals surface area contributed by atoms with E-state index in [1.807, 2.05) is 6.07 Å². The largest absolute Gasteiger partial charge is 0.310 e. The number of hydrogen-bond donors (Lipinski definition) is 1. The van der Waals surface area contributed by atoms with Gasteiger partial charge in [0.25, 0.3) is 0 Å². The molecule has 2 rings (SSSR count). The fourth-order valence-electron chi connectivity index (χ4n) is 1.63. The van der Waals surface area contributed by atoms with Crippen LogP contribution in [0.1, 0.15) is 17.0 Å². The third kappa shape index (κ3) is 4.46. The molecule has 1 N–H and O–H groups in total. The summed E-state index contributed by atoms with van der Waals surface area (Å²) in [6.07, 6.45) is 3.96. The topological polar surface area (TPSA) is 24.9 Å². The highest BCUT2D eigenvalue weighted by Gasteiger charge is 1.98. The Kier molecular flexibility index (Phi) is 4.98. The molecular weight excluding hydrogens is 252 g/mol. The van der Waals surface area contributed by atoms with Gasteiger partial charge in [0.15, 0.2) is 0 Å². The van der Waals surface area contributed by atoms with Crippen LogP contribution in [0, 0.1) is 0 Å². The molecule has 1 aromatic carbocycles. The van der Waals surface area contributed by atoms with Crippen molar-refractivity contribution in [2.24, 2.45) is 0 Å². The van der Waals surface area contributed by atoms with Gasteiger partial charge >= 0.3 is 0 Å². The van der Waals surface area contributed by atoms with E-state index in [0.29, 0.717) is 0 Å². The average molecular weight is 267 g/mol. The number of nitrogens with zero attached hydrogens (tertiary/aromatic N) is 1. The SMILES string of the molecule is Clc1cnc(CNCCCc2ccccc2)s1. The zero-order valence-corrected chi connectivity index (χ0v) is 11.1. The van der Waals surface area contributed by atoms with Crippen LogP contribution >= 0.6 is 22.9 Å². The standard InChI is InChI=1S/C13H15ClN2S/c14-12-9-16-13(17-12)10-15-8-4-7-11-5-2-1-3-6-11/h1-3,5-6,9,15H,4,7-8,10H2. The lowest BCUT2D eigenvalue weighted by molar-refractivity contribution is 0.647. The normalized spacial score (nSPS) is 10.6. The molecule has 1 aromatic heterocycles. The molecule has 4 heteroatoms. The molecule has 0 bridgehead atoms. The van der Waals surface area contributed by atoms with Crippen molar-refractivity contribution in [1.29, 1.82) is 0 Å². The molecule has 0 saturated carbocycles. The summed E-state index contributed by atoms with van der Waals surface area (Å²) in [4.78, 5) is 4.20. The lowest BCUT2D eigenvalue weighted by atomic mass is 10.1. The van der Waals surface area contributed by atoms with Crippen molar-refractivity contribution in [3.8, 4) is 0 Å². The van der Waals surface area contributed by atoms with Gasteiger partial charge in [-0.25, -0.2) is 4.98 Å². The Hall–Kier alpha value is -0.900. The molecule has 0 saturated heterocycles. The van der Waals surface area contributed by atoms with Crippen molar-refractivity contribution in [2.75, 3.05) is 6.54 Å². The third-order valence-corrected chi connectivity index (χ3v) is 3.58. The second kappa shape index (κ2) is 6.74. The molecule has 1 heterocycles. The molecule has 17 heavy (non-hydrogen) atoms. The van der Waals surface area contributed by atoms with E-state index in [-0.39, 0.29) is 0 Å². The summed E-state index contributed by atoms with van der Waals surface area (Å²) in [6.45, 7) is 1.82. The number of benzene rings is 1. The van der Waals surface area contributed by atoms with Crippen molar-refractivity contribution < 1.29 is 0 Å². The Morgan fingerprint density at radius 1 is 1.24 bits per heavy atom. The molecule has 2 aromatic rings. The van der Waals surface area contributed by atoms with Gasteiger partial charge in [-0.05, 0) is 24.9 Å². The molecule has 0 unspecified atom stereocenters. The van der Waals surface area contributed by atoms with E-state index in [1.165, 1.54) is 16.9 Å². The molecule has 0 spiro atoms. The fraction of sp³-hybridized carbons (Fsp3) is 0.308. The maximum atomic E-state index is 5.81. The first-order valence-corrected chi connectivity index (χ1v) is 6.89. The number of aromatic nitrogens is 1.